The van der Waals surface area contributed by atoms with Crippen molar-refractivity contribution in [2.24, 2.45) is 5.92 Å². The van der Waals surface area contributed by atoms with Crippen molar-refractivity contribution in [3.63, 3.8) is 0 Å². The summed E-state index contributed by atoms with van der Waals surface area (Å²) in [6.07, 6.45) is 33.6. The normalized spacial score (nSPS) is 12.1. The molecular weight excluding hydrogens is 666 g/mol. The molecule has 316 valence electrons. The summed E-state index contributed by atoms with van der Waals surface area (Å²) < 4.78 is 16.7. The number of aliphatic hydroxyl groups is 2. The molecule has 0 spiro atoms. The minimum Gasteiger partial charge on any atom is -0.466 e. The molecule has 0 aliphatic rings. The van der Waals surface area contributed by atoms with Crippen LogP contribution in [0.3, 0.4) is 0 Å². The van der Waals surface area contributed by atoms with Gasteiger partial charge in [-0.1, -0.05) is 149 Å². The van der Waals surface area contributed by atoms with Gasteiger partial charge in [0.25, 0.3) is 0 Å². The fourth-order valence-electron chi connectivity index (χ4n) is 7.07. The lowest BCUT2D eigenvalue weighted by Crippen LogP contribution is -2.33. The largest absolute Gasteiger partial charge is 0.508 e. The van der Waals surface area contributed by atoms with Gasteiger partial charge in [0.1, 0.15) is 6.10 Å². The Morgan fingerprint density at radius 1 is 0.509 bits per heavy atom. The minimum absolute atomic E-state index is 0.0272. The first-order valence-electron chi connectivity index (χ1n) is 22.9. The molecule has 0 aromatic carbocycles. The van der Waals surface area contributed by atoms with Crippen molar-refractivity contribution in [3.05, 3.63) is 0 Å². The quantitative estimate of drug-likeness (QED) is 0.0469. The predicted octanol–water partition coefficient (Wildman–Crippen LogP) is 12.1. The van der Waals surface area contributed by atoms with E-state index in [0.29, 0.717) is 19.6 Å². The van der Waals surface area contributed by atoms with Crippen molar-refractivity contribution in [1.29, 1.82) is 0 Å². The summed E-state index contributed by atoms with van der Waals surface area (Å²) in [5, 5.41) is 19.5. The Bertz CT molecular complexity index is 751. The van der Waals surface area contributed by atoms with Crippen LogP contribution in [0.1, 0.15) is 220 Å². The van der Waals surface area contributed by atoms with Gasteiger partial charge in [0.2, 0.25) is 0 Å². The summed E-state index contributed by atoms with van der Waals surface area (Å²) in [5.41, 5.74) is 0. The molecule has 1 unspecified atom stereocenters. The summed E-state index contributed by atoms with van der Waals surface area (Å²) in [6.45, 7) is 10.6. The van der Waals surface area contributed by atoms with E-state index in [1.54, 1.807) is 0 Å². The van der Waals surface area contributed by atoms with Gasteiger partial charge in [-0.25, -0.2) is 4.79 Å². The van der Waals surface area contributed by atoms with Crippen molar-refractivity contribution in [3.8, 4) is 0 Å². The highest BCUT2D eigenvalue weighted by Gasteiger charge is 2.16. The van der Waals surface area contributed by atoms with E-state index in [1.165, 1.54) is 96.3 Å². The Kier molecular flexibility index (Phi) is 40.7. The first-order chi connectivity index (χ1) is 26.0. The fraction of sp³-hybridized carbons (Fsp3) is 0.956. The van der Waals surface area contributed by atoms with Crippen LogP contribution in [0.5, 0.6) is 0 Å². The van der Waals surface area contributed by atoms with Crippen LogP contribution < -0.4 is 0 Å². The Balaban J connectivity index is 4.24. The lowest BCUT2D eigenvalue weighted by Gasteiger charge is -2.26. The maximum absolute atomic E-state index is 12.5. The Morgan fingerprint density at radius 3 is 1.51 bits per heavy atom. The van der Waals surface area contributed by atoms with Crippen molar-refractivity contribution in [1.82, 2.24) is 4.90 Å². The monoisotopic (exact) mass is 756 g/mol. The zero-order valence-corrected chi connectivity index (χ0v) is 35.4. The van der Waals surface area contributed by atoms with Gasteiger partial charge < -0.3 is 29.3 Å². The number of carbonyl (C=O) groups excluding carboxylic acids is 2. The zero-order chi connectivity index (χ0) is 38.9. The van der Waals surface area contributed by atoms with Gasteiger partial charge in [-0.05, 0) is 76.7 Å². The van der Waals surface area contributed by atoms with E-state index >= 15 is 0 Å². The molecule has 0 aliphatic carbocycles. The Hall–Kier alpha value is -1.38. The highest BCUT2D eigenvalue weighted by atomic mass is 16.7. The second-order valence-electron chi connectivity index (χ2n) is 15.7. The maximum atomic E-state index is 12.5. The molecule has 0 rings (SSSR count). The first kappa shape index (κ1) is 51.6. The van der Waals surface area contributed by atoms with Crippen molar-refractivity contribution >= 4 is 12.1 Å². The number of hydrogen-bond acceptors (Lipinski definition) is 8. The lowest BCUT2D eigenvalue weighted by molar-refractivity contribution is -0.143. The second-order valence-corrected chi connectivity index (χ2v) is 15.7. The van der Waals surface area contributed by atoms with E-state index in [0.717, 1.165) is 116 Å². The predicted molar refractivity (Wildman–Crippen MR) is 221 cm³/mol. The van der Waals surface area contributed by atoms with Crippen LogP contribution in [-0.4, -0.2) is 79.4 Å². The number of aliphatic hydroxyl groups excluding tert-OH is 2. The van der Waals surface area contributed by atoms with Gasteiger partial charge in [-0.2, -0.15) is 0 Å². The molecule has 0 radical (unpaired) electrons. The number of nitrogens with zero attached hydrogens (tertiary/aromatic N) is 1. The minimum atomic E-state index is -0.504. The molecule has 2 N–H and O–H groups in total. The third-order valence-electron chi connectivity index (χ3n) is 10.5. The SMILES string of the molecule is CCCCCCCCCOC(=O)CCCCCC(CO)CN(CCCO)CCCCCCOC(=O)OC(CCCCCCCC)CCCCCCCC. The molecule has 0 aromatic rings. The number of ether oxygens (including phenoxy) is 3. The zero-order valence-electron chi connectivity index (χ0n) is 35.4. The van der Waals surface area contributed by atoms with Gasteiger partial charge in [0.05, 0.1) is 13.2 Å². The highest BCUT2D eigenvalue weighted by Crippen LogP contribution is 2.18. The summed E-state index contributed by atoms with van der Waals surface area (Å²) >= 11 is 0. The molecule has 8 nitrogen and oxygen atoms in total. The van der Waals surface area contributed by atoms with Gasteiger partial charge in [0.15, 0.2) is 0 Å². The molecule has 0 heterocycles. The summed E-state index contributed by atoms with van der Waals surface area (Å²) in [4.78, 5) is 27.0. The van der Waals surface area contributed by atoms with Gasteiger partial charge in [0, 0.05) is 32.7 Å². The topological polar surface area (TPSA) is 106 Å². The third kappa shape index (κ3) is 37.3. The van der Waals surface area contributed by atoms with Crippen LogP contribution in [0.4, 0.5) is 4.79 Å². The number of unbranched alkanes of at least 4 members (excludes halogenated alkanes) is 21. The molecule has 0 saturated heterocycles. The Labute approximate surface area is 328 Å². The first-order valence-corrected chi connectivity index (χ1v) is 22.9. The van der Waals surface area contributed by atoms with Crippen LogP contribution in [0.25, 0.3) is 0 Å². The molecule has 1 atom stereocenters. The van der Waals surface area contributed by atoms with E-state index in [-0.39, 0.29) is 31.2 Å². The average Bonchev–Trinajstić information content (AvgIpc) is 3.16. The molecule has 0 bridgehead atoms. The Morgan fingerprint density at radius 2 is 0.962 bits per heavy atom. The van der Waals surface area contributed by atoms with Gasteiger partial charge >= 0.3 is 12.1 Å². The second kappa shape index (κ2) is 41.8. The van der Waals surface area contributed by atoms with E-state index in [9.17, 15) is 19.8 Å². The van der Waals surface area contributed by atoms with Crippen LogP contribution in [0.2, 0.25) is 0 Å². The lowest BCUT2D eigenvalue weighted by atomic mass is 10.0. The third-order valence-corrected chi connectivity index (χ3v) is 10.5. The molecule has 0 fully saturated rings. The van der Waals surface area contributed by atoms with Gasteiger partial charge in [-0.15, -0.1) is 0 Å². The molecular formula is C45H89NO7. The van der Waals surface area contributed by atoms with E-state index in [2.05, 4.69) is 25.7 Å². The maximum Gasteiger partial charge on any atom is 0.508 e. The van der Waals surface area contributed by atoms with Gasteiger partial charge in [-0.3, -0.25) is 4.79 Å². The molecule has 0 saturated carbocycles. The number of rotatable bonds is 42. The van der Waals surface area contributed by atoms with Crippen molar-refractivity contribution in [2.75, 3.05) is 46.1 Å². The average molecular weight is 756 g/mol. The molecule has 0 amide bonds. The van der Waals surface area contributed by atoms with Crippen LogP contribution in [0.15, 0.2) is 0 Å². The van der Waals surface area contributed by atoms with Crippen molar-refractivity contribution in [2.45, 2.75) is 226 Å². The standard InChI is InChI=1S/C45H89NO7/c1-4-7-10-13-16-20-28-38-51-44(49)34-26-22-23-31-42(41-48)40-46(36-30-37-47)35-27-19-21-29-39-52-45(50)53-43(32-24-17-14-11-8-5-2)33-25-18-15-12-9-6-3/h42-43,47-48H,4-41H2,1-3H3. The summed E-state index contributed by atoms with van der Waals surface area (Å²) in [7, 11) is 0. The smallest absolute Gasteiger partial charge is 0.466 e. The molecule has 0 aromatic heterocycles. The molecule has 8 heteroatoms. The molecule has 0 aliphatic heterocycles. The highest BCUT2D eigenvalue weighted by molar-refractivity contribution is 5.69. The number of carbonyl (C=O) groups is 2. The number of esters is 1. The van der Waals surface area contributed by atoms with E-state index < -0.39 is 6.16 Å². The van der Waals surface area contributed by atoms with Crippen LogP contribution in [0, 0.1) is 5.92 Å². The summed E-state index contributed by atoms with van der Waals surface area (Å²) in [6, 6.07) is 0. The molecule has 53 heavy (non-hydrogen) atoms. The van der Waals surface area contributed by atoms with Crippen molar-refractivity contribution < 1.29 is 34.0 Å². The number of hydrogen-bond donors (Lipinski definition) is 2. The van der Waals surface area contributed by atoms with E-state index in [4.69, 9.17) is 14.2 Å². The van der Waals surface area contributed by atoms with Crippen LogP contribution in [-0.2, 0) is 19.0 Å². The van der Waals surface area contributed by atoms with E-state index in [1.807, 2.05) is 0 Å². The van der Waals surface area contributed by atoms with Crippen LogP contribution >= 0.6 is 0 Å². The summed E-state index contributed by atoms with van der Waals surface area (Å²) in [5.74, 6) is 0.117. The fourth-order valence-corrected chi connectivity index (χ4v) is 7.07.